The lowest BCUT2D eigenvalue weighted by molar-refractivity contribution is 0.0546. The van der Waals surface area contributed by atoms with Gasteiger partial charge in [-0.15, -0.1) is 0 Å². The number of rotatable bonds is 6. The fourth-order valence-corrected chi connectivity index (χ4v) is 2.43. The third-order valence-electron chi connectivity index (χ3n) is 2.07. The monoisotopic (exact) mass is 303 g/mol. The number of ether oxygens (including phenoxy) is 1. The SMILES string of the molecule is C=C(Cl)COC(=O)c1cccc(S(=O)(=O)NCC)c1. The second kappa shape index (κ2) is 6.70. The van der Waals surface area contributed by atoms with Crippen molar-refractivity contribution in [2.24, 2.45) is 0 Å². The number of sulfonamides is 1. The van der Waals surface area contributed by atoms with Crippen LogP contribution < -0.4 is 4.72 Å². The molecule has 0 radical (unpaired) electrons. The normalized spacial score (nSPS) is 11.1. The Morgan fingerprint density at radius 3 is 2.74 bits per heavy atom. The molecule has 0 unspecified atom stereocenters. The zero-order valence-electron chi connectivity index (χ0n) is 10.3. The predicted octanol–water partition coefficient (Wildman–Crippen LogP) is 1.89. The van der Waals surface area contributed by atoms with Crippen LogP contribution >= 0.6 is 11.6 Å². The lowest BCUT2D eigenvalue weighted by atomic mass is 10.2. The summed E-state index contributed by atoms with van der Waals surface area (Å²) in [6, 6.07) is 5.58. The number of carbonyl (C=O) groups is 1. The molecule has 1 rings (SSSR count). The third-order valence-corrected chi connectivity index (χ3v) is 3.73. The Morgan fingerprint density at radius 2 is 2.16 bits per heavy atom. The van der Waals surface area contributed by atoms with Crippen LogP contribution in [0.2, 0.25) is 0 Å². The van der Waals surface area contributed by atoms with Gasteiger partial charge in [0.1, 0.15) is 6.61 Å². The molecule has 0 bridgehead atoms. The van der Waals surface area contributed by atoms with Crippen LogP contribution in [0.3, 0.4) is 0 Å². The maximum atomic E-state index is 11.8. The minimum Gasteiger partial charge on any atom is -0.456 e. The van der Waals surface area contributed by atoms with Gasteiger partial charge in [0.15, 0.2) is 0 Å². The summed E-state index contributed by atoms with van der Waals surface area (Å²) >= 11 is 5.48. The molecular weight excluding hydrogens is 290 g/mol. The number of hydrogen-bond donors (Lipinski definition) is 1. The van der Waals surface area contributed by atoms with Gasteiger partial charge in [0.2, 0.25) is 10.0 Å². The molecule has 0 amide bonds. The minimum absolute atomic E-state index is 0.00787. The van der Waals surface area contributed by atoms with Gasteiger partial charge in [0.05, 0.1) is 10.5 Å². The summed E-state index contributed by atoms with van der Waals surface area (Å²) in [6.45, 7) is 5.20. The van der Waals surface area contributed by atoms with Gasteiger partial charge in [0.25, 0.3) is 0 Å². The van der Waals surface area contributed by atoms with E-state index in [1.54, 1.807) is 6.92 Å². The standard InChI is InChI=1S/C12H14ClNO4S/c1-3-14-19(16,17)11-6-4-5-10(7-11)12(15)18-8-9(2)13/h4-7,14H,2-3,8H2,1H3. The topological polar surface area (TPSA) is 72.5 Å². The number of esters is 1. The lowest BCUT2D eigenvalue weighted by Gasteiger charge is -2.07. The number of halogens is 1. The third kappa shape index (κ3) is 4.66. The van der Waals surface area contributed by atoms with Gasteiger partial charge in [-0.1, -0.05) is 31.2 Å². The molecule has 0 aliphatic carbocycles. The van der Waals surface area contributed by atoms with Crippen LogP contribution in [0, 0.1) is 0 Å². The largest absolute Gasteiger partial charge is 0.456 e. The zero-order chi connectivity index (χ0) is 14.5. The highest BCUT2D eigenvalue weighted by Gasteiger charge is 2.15. The molecule has 7 heteroatoms. The maximum absolute atomic E-state index is 11.8. The number of benzene rings is 1. The molecule has 0 fully saturated rings. The van der Waals surface area contributed by atoms with Crippen LogP contribution in [-0.2, 0) is 14.8 Å². The first-order chi connectivity index (χ1) is 8.86. The van der Waals surface area contributed by atoms with Crippen LogP contribution in [0.25, 0.3) is 0 Å². The molecule has 0 aliphatic rings. The van der Waals surface area contributed by atoms with E-state index in [-0.39, 0.29) is 28.6 Å². The van der Waals surface area contributed by atoms with Crippen molar-refractivity contribution in [1.82, 2.24) is 4.72 Å². The van der Waals surface area contributed by atoms with Gasteiger partial charge in [-0.05, 0) is 18.2 Å². The second-order valence-electron chi connectivity index (χ2n) is 3.62. The average Bonchev–Trinajstić information content (AvgIpc) is 2.36. The van der Waals surface area contributed by atoms with E-state index in [9.17, 15) is 13.2 Å². The summed E-state index contributed by atoms with van der Waals surface area (Å²) in [6.07, 6.45) is 0. The summed E-state index contributed by atoms with van der Waals surface area (Å²) in [4.78, 5) is 11.7. The van der Waals surface area contributed by atoms with Gasteiger partial charge in [-0.2, -0.15) is 0 Å². The van der Waals surface area contributed by atoms with Crippen molar-refractivity contribution in [3.63, 3.8) is 0 Å². The molecule has 1 aromatic rings. The molecule has 19 heavy (non-hydrogen) atoms. The van der Waals surface area contributed by atoms with Crippen molar-refractivity contribution >= 4 is 27.6 Å². The van der Waals surface area contributed by atoms with Gasteiger partial charge in [-0.3, -0.25) is 0 Å². The fourth-order valence-electron chi connectivity index (χ4n) is 1.29. The molecule has 0 atom stereocenters. The van der Waals surface area contributed by atoms with E-state index < -0.39 is 16.0 Å². The molecule has 5 nitrogen and oxygen atoms in total. The molecule has 0 saturated heterocycles. The molecule has 0 spiro atoms. The number of carbonyl (C=O) groups excluding carboxylic acids is 1. The molecule has 1 aromatic carbocycles. The Labute approximate surface area is 117 Å². The van der Waals surface area contributed by atoms with Crippen LogP contribution in [0.1, 0.15) is 17.3 Å². The van der Waals surface area contributed by atoms with Gasteiger partial charge < -0.3 is 4.74 Å². The van der Waals surface area contributed by atoms with E-state index in [4.69, 9.17) is 16.3 Å². The first kappa shape index (κ1) is 15.7. The quantitative estimate of drug-likeness (QED) is 0.815. The van der Waals surface area contributed by atoms with Gasteiger partial charge in [-0.25, -0.2) is 17.9 Å². The van der Waals surface area contributed by atoms with Crippen LogP contribution in [0.15, 0.2) is 40.8 Å². The van der Waals surface area contributed by atoms with Crippen LogP contribution in [0.5, 0.6) is 0 Å². The van der Waals surface area contributed by atoms with Crippen molar-refractivity contribution < 1.29 is 17.9 Å². The predicted molar refractivity (Wildman–Crippen MR) is 72.6 cm³/mol. The minimum atomic E-state index is -3.60. The van der Waals surface area contributed by atoms with Crippen molar-refractivity contribution in [2.45, 2.75) is 11.8 Å². The highest BCUT2D eigenvalue weighted by Crippen LogP contribution is 2.13. The molecule has 104 valence electrons. The van der Waals surface area contributed by atoms with Crippen molar-refractivity contribution in [1.29, 1.82) is 0 Å². The molecule has 1 N–H and O–H groups in total. The zero-order valence-corrected chi connectivity index (χ0v) is 11.9. The molecule has 0 saturated carbocycles. The van der Waals surface area contributed by atoms with Gasteiger partial charge in [0, 0.05) is 11.6 Å². The Bertz CT molecular complexity index is 583. The second-order valence-corrected chi connectivity index (χ2v) is 5.92. The summed E-state index contributed by atoms with van der Waals surface area (Å²) in [7, 11) is -3.60. The lowest BCUT2D eigenvalue weighted by Crippen LogP contribution is -2.23. The Balaban J connectivity index is 2.94. The van der Waals surface area contributed by atoms with E-state index in [0.717, 1.165) is 0 Å². The van der Waals surface area contributed by atoms with Crippen molar-refractivity contribution in [3.8, 4) is 0 Å². The smallest absolute Gasteiger partial charge is 0.338 e. The summed E-state index contributed by atoms with van der Waals surface area (Å²) < 4.78 is 30.7. The van der Waals surface area contributed by atoms with E-state index >= 15 is 0 Å². The number of hydrogen-bond acceptors (Lipinski definition) is 4. The summed E-state index contributed by atoms with van der Waals surface area (Å²) in [5, 5.41) is 0.185. The molecule has 0 aromatic heterocycles. The maximum Gasteiger partial charge on any atom is 0.338 e. The Hall–Kier alpha value is -1.37. The summed E-state index contributed by atoms with van der Waals surface area (Å²) in [5.74, 6) is -0.657. The highest BCUT2D eigenvalue weighted by molar-refractivity contribution is 7.89. The van der Waals surface area contributed by atoms with E-state index in [1.807, 2.05) is 0 Å². The highest BCUT2D eigenvalue weighted by atomic mass is 35.5. The van der Waals surface area contributed by atoms with Crippen molar-refractivity contribution in [2.75, 3.05) is 13.2 Å². The first-order valence-electron chi connectivity index (χ1n) is 5.47. The Morgan fingerprint density at radius 1 is 1.47 bits per heavy atom. The summed E-state index contributed by atoms with van der Waals surface area (Å²) in [5.41, 5.74) is 0.136. The molecular formula is C12H14ClNO4S. The van der Waals surface area contributed by atoms with E-state index in [2.05, 4.69) is 11.3 Å². The Kier molecular flexibility index (Phi) is 5.53. The van der Waals surface area contributed by atoms with Crippen molar-refractivity contribution in [3.05, 3.63) is 41.4 Å². The number of nitrogens with one attached hydrogen (secondary N) is 1. The van der Waals surface area contributed by atoms with E-state index in [1.165, 1.54) is 24.3 Å². The fraction of sp³-hybridized carbons (Fsp3) is 0.250. The molecule has 0 aliphatic heterocycles. The van der Waals surface area contributed by atoms with E-state index in [0.29, 0.717) is 0 Å². The molecule has 0 heterocycles. The van der Waals surface area contributed by atoms with Crippen LogP contribution in [0.4, 0.5) is 0 Å². The average molecular weight is 304 g/mol. The van der Waals surface area contributed by atoms with Gasteiger partial charge >= 0.3 is 5.97 Å². The first-order valence-corrected chi connectivity index (χ1v) is 7.33. The van der Waals surface area contributed by atoms with Crippen LogP contribution in [-0.4, -0.2) is 27.5 Å².